The molecule has 0 saturated carbocycles. The molecule has 20 heavy (non-hydrogen) atoms. The molecule has 3 heterocycles. The number of hydrogen-bond donors (Lipinski definition) is 1. The third kappa shape index (κ3) is 1.62. The third-order valence-corrected chi connectivity index (χ3v) is 5.32. The van der Waals surface area contributed by atoms with E-state index in [1.165, 1.54) is 35.1 Å². The largest absolute Gasteiger partial charge is 0.282 e. The summed E-state index contributed by atoms with van der Waals surface area (Å²) < 4.78 is 0. The lowest BCUT2D eigenvalue weighted by Crippen LogP contribution is -1.99. The molecule has 3 aromatic heterocycles. The van der Waals surface area contributed by atoms with Crippen LogP contribution in [0.1, 0.15) is 34.7 Å². The SMILES string of the molecule is Cc1n[nH]c(C)c1-c1ncnc2sc3c(c12)CCCC3. The van der Waals surface area contributed by atoms with Crippen LogP contribution in [0.25, 0.3) is 21.5 Å². The highest BCUT2D eigenvalue weighted by atomic mass is 32.1. The van der Waals surface area contributed by atoms with Gasteiger partial charge >= 0.3 is 0 Å². The fourth-order valence-electron chi connectivity index (χ4n) is 3.18. The second kappa shape index (κ2) is 4.38. The van der Waals surface area contributed by atoms with Crippen molar-refractivity contribution in [3.63, 3.8) is 0 Å². The van der Waals surface area contributed by atoms with Crippen molar-refractivity contribution in [1.29, 1.82) is 0 Å². The van der Waals surface area contributed by atoms with Gasteiger partial charge in [0.2, 0.25) is 0 Å². The maximum absolute atomic E-state index is 4.59. The Morgan fingerprint density at radius 2 is 2.00 bits per heavy atom. The van der Waals surface area contributed by atoms with Crippen molar-refractivity contribution in [1.82, 2.24) is 20.2 Å². The van der Waals surface area contributed by atoms with Crippen molar-refractivity contribution in [3.05, 3.63) is 28.2 Å². The zero-order chi connectivity index (χ0) is 13.7. The normalized spacial score (nSPS) is 14.7. The fourth-order valence-corrected chi connectivity index (χ4v) is 4.41. The number of aromatic nitrogens is 4. The monoisotopic (exact) mass is 284 g/mol. The number of nitrogens with one attached hydrogen (secondary N) is 1. The first kappa shape index (κ1) is 12.0. The first-order chi connectivity index (χ1) is 9.75. The lowest BCUT2D eigenvalue weighted by atomic mass is 9.94. The minimum Gasteiger partial charge on any atom is -0.282 e. The van der Waals surface area contributed by atoms with Crippen LogP contribution in [0.5, 0.6) is 0 Å². The Bertz CT molecular complexity index is 780. The van der Waals surface area contributed by atoms with Gasteiger partial charge in [0.1, 0.15) is 11.2 Å². The first-order valence-electron chi connectivity index (χ1n) is 7.03. The molecule has 4 nitrogen and oxygen atoms in total. The minimum atomic E-state index is 1.01. The van der Waals surface area contributed by atoms with E-state index in [0.29, 0.717) is 0 Å². The summed E-state index contributed by atoms with van der Waals surface area (Å²) in [7, 11) is 0. The number of aromatic amines is 1. The molecule has 0 atom stereocenters. The van der Waals surface area contributed by atoms with E-state index in [1.807, 2.05) is 18.3 Å². The van der Waals surface area contributed by atoms with Gasteiger partial charge in [-0.1, -0.05) is 0 Å². The predicted octanol–water partition coefficient (Wildman–Crippen LogP) is 3.58. The molecule has 0 radical (unpaired) electrons. The van der Waals surface area contributed by atoms with E-state index in [9.17, 15) is 0 Å². The van der Waals surface area contributed by atoms with Crippen LogP contribution in [-0.2, 0) is 12.8 Å². The molecule has 3 aromatic rings. The van der Waals surface area contributed by atoms with Crippen LogP contribution in [0.2, 0.25) is 0 Å². The molecular formula is C15H16N4S. The molecule has 102 valence electrons. The smallest absolute Gasteiger partial charge is 0.127 e. The van der Waals surface area contributed by atoms with Gasteiger partial charge in [0.15, 0.2) is 0 Å². The van der Waals surface area contributed by atoms with Crippen molar-refractivity contribution in [2.45, 2.75) is 39.5 Å². The Hall–Kier alpha value is -1.75. The topological polar surface area (TPSA) is 54.5 Å². The fraction of sp³-hybridized carbons (Fsp3) is 0.400. The second-order valence-corrected chi connectivity index (χ2v) is 6.51. The zero-order valence-electron chi connectivity index (χ0n) is 11.7. The van der Waals surface area contributed by atoms with Crippen LogP contribution in [0.15, 0.2) is 6.33 Å². The zero-order valence-corrected chi connectivity index (χ0v) is 12.5. The first-order valence-corrected chi connectivity index (χ1v) is 7.84. The van der Waals surface area contributed by atoms with Gasteiger partial charge in [0.05, 0.1) is 11.4 Å². The van der Waals surface area contributed by atoms with Gasteiger partial charge in [-0.25, -0.2) is 9.97 Å². The molecule has 1 N–H and O–H groups in total. The lowest BCUT2D eigenvalue weighted by Gasteiger charge is -2.11. The van der Waals surface area contributed by atoms with Crippen LogP contribution in [0, 0.1) is 13.8 Å². The standard InChI is InChI=1S/C15H16N4S/c1-8-12(9(2)19-18-8)14-13-10-5-3-4-6-11(10)20-15(13)17-7-16-14/h7H,3-6H2,1-2H3,(H,18,19). The molecule has 0 aromatic carbocycles. The molecule has 0 fully saturated rings. The Kier molecular flexibility index (Phi) is 2.63. The number of nitrogens with zero attached hydrogens (tertiary/aromatic N) is 3. The van der Waals surface area contributed by atoms with E-state index in [4.69, 9.17) is 0 Å². The summed E-state index contributed by atoms with van der Waals surface area (Å²) in [5.41, 5.74) is 5.77. The molecule has 5 heteroatoms. The van der Waals surface area contributed by atoms with Crippen molar-refractivity contribution in [2.75, 3.05) is 0 Å². The minimum absolute atomic E-state index is 1.01. The van der Waals surface area contributed by atoms with E-state index in [-0.39, 0.29) is 0 Å². The highest BCUT2D eigenvalue weighted by Gasteiger charge is 2.22. The van der Waals surface area contributed by atoms with Crippen LogP contribution in [-0.4, -0.2) is 20.2 Å². The molecule has 4 rings (SSSR count). The van der Waals surface area contributed by atoms with Gasteiger partial charge in [-0.2, -0.15) is 5.10 Å². The average Bonchev–Trinajstić information content (AvgIpc) is 2.99. The average molecular weight is 284 g/mol. The van der Waals surface area contributed by atoms with Gasteiger partial charge in [0, 0.05) is 21.5 Å². The summed E-state index contributed by atoms with van der Waals surface area (Å²) in [6.07, 6.45) is 6.61. The maximum Gasteiger partial charge on any atom is 0.127 e. The molecule has 0 spiro atoms. The number of hydrogen-bond acceptors (Lipinski definition) is 4. The van der Waals surface area contributed by atoms with Crippen LogP contribution < -0.4 is 0 Å². The van der Waals surface area contributed by atoms with Crippen molar-refractivity contribution in [3.8, 4) is 11.3 Å². The Labute approximate surface area is 121 Å². The van der Waals surface area contributed by atoms with Crippen LogP contribution in [0.3, 0.4) is 0 Å². The van der Waals surface area contributed by atoms with Crippen molar-refractivity contribution >= 4 is 21.6 Å². The van der Waals surface area contributed by atoms with Gasteiger partial charge in [-0.15, -0.1) is 11.3 Å². The highest BCUT2D eigenvalue weighted by Crippen LogP contribution is 2.40. The Balaban J connectivity index is 2.07. The summed E-state index contributed by atoms with van der Waals surface area (Å²) in [6.45, 7) is 4.09. The maximum atomic E-state index is 4.59. The molecule has 0 saturated heterocycles. The Morgan fingerprint density at radius 1 is 1.15 bits per heavy atom. The number of aryl methyl sites for hydroxylation is 4. The lowest BCUT2D eigenvalue weighted by molar-refractivity contribution is 0.700. The summed E-state index contributed by atoms with van der Waals surface area (Å²) in [4.78, 5) is 11.7. The molecule has 0 bridgehead atoms. The van der Waals surface area contributed by atoms with E-state index >= 15 is 0 Å². The number of rotatable bonds is 1. The number of fused-ring (bicyclic) bond motifs is 3. The van der Waals surface area contributed by atoms with E-state index in [0.717, 1.165) is 33.9 Å². The van der Waals surface area contributed by atoms with E-state index in [2.05, 4.69) is 27.1 Å². The second-order valence-electron chi connectivity index (χ2n) is 5.42. The molecule has 1 aliphatic rings. The summed E-state index contributed by atoms with van der Waals surface area (Å²) in [5, 5.41) is 8.64. The molecule has 0 amide bonds. The van der Waals surface area contributed by atoms with Crippen LogP contribution in [0.4, 0.5) is 0 Å². The third-order valence-electron chi connectivity index (χ3n) is 4.12. The van der Waals surface area contributed by atoms with Crippen molar-refractivity contribution in [2.24, 2.45) is 0 Å². The predicted molar refractivity (Wildman–Crippen MR) is 81.1 cm³/mol. The van der Waals surface area contributed by atoms with Gasteiger partial charge in [0.25, 0.3) is 0 Å². The summed E-state index contributed by atoms with van der Waals surface area (Å²) in [5.74, 6) is 0. The summed E-state index contributed by atoms with van der Waals surface area (Å²) in [6, 6.07) is 0. The quantitative estimate of drug-likeness (QED) is 0.743. The molecular weight excluding hydrogens is 268 g/mol. The van der Waals surface area contributed by atoms with Gasteiger partial charge in [-0.05, 0) is 45.1 Å². The Morgan fingerprint density at radius 3 is 2.80 bits per heavy atom. The van der Waals surface area contributed by atoms with E-state index in [1.54, 1.807) is 6.33 Å². The van der Waals surface area contributed by atoms with E-state index < -0.39 is 0 Å². The molecule has 0 aliphatic heterocycles. The van der Waals surface area contributed by atoms with Gasteiger partial charge < -0.3 is 0 Å². The molecule has 0 unspecified atom stereocenters. The van der Waals surface area contributed by atoms with Crippen LogP contribution >= 0.6 is 11.3 Å². The number of thiophene rings is 1. The molecule has 1 aliphatic carbocycles. The highest BCUT2D eigenvalue weighted by molar-refractivity contribution is 7.18. The number of H-pyrrole nitrogens is 1. The van der Waals surface area contributed by atoms with Crippen molar-refractivity contribution < 1.29 is 0 Å². The summed E-state index contributed by atoms with van der Waals surface area (Å²) >= 11 is 1.84. The van der Waals surface area contributed by atoms with Gasteiger partial charge in [-0.3, -0.25) is 5.10 Å².